The lowest BCUT2D eigenvalue weighted by Crippen LogP contribution is -2.51. The van der Waals surface area contributed by atoms with Gasteiger partial charge < -0.3 is 14.5 Å². The minimum absolute atomic E-state index is 0.0157. The maximum atomic E-state index is 14.4. The average Bonchev–Trinajstić information content (AvgIpc) is 3.52. The first-order chi connectivity index (χ1) is 15.1. The van der Waals surface area contributed by atoms with Crippen LogP contribution in [0.25, 0.3) is 0 Å². The van der Waals surface area contributed by atoms with Crippen LogP contribution in [0.3, 0.4) is 0 Å². The van der Waals surface area contributed by atoms with Gasteiger partial charge in [-0.1, -0.05) is 31.0 Å². The van der Waals surface area contributed by atoms with Crippen molar-refractivity contribution in [3.63, 3.8) is 0 Å². The third-order valence-electron chi connectivity index (χ3n) is 6.66. The Morgan fingerprint density at radius 3 is 2.74 bits per heavy atom. The molecule has 0 N–H and O–H groups in total. The first-order valence-electron chi connectivity index (χ1n) is 10.8. The van der Waals surface area contributed by atoms with Gasteiger partial charge in [-0.2, -0.15) is 0 Å². The quantitative estimate of drug-likeness (QED) is 0.711. The number of ether oxygens (including phenoxy) is 1. The summed E-state index contributed by atoms with van der Waals surface area (Å²) >= 11 is 1.50. The van der Waals surface area contributed by atoms with Gasteiger partial charge in [0.2, 0.25) is 5.91 Å². The molecular formula is C24H25FN2O3S. The van der Waals surface area contributed by atoms with Gasteiger partial charge in [-0.15, -0.1) is 11.8 Å². The molecule has 1 saturated heterocycles. The monoisotopic (exact) mass is 440 g/mol. The van der Waals surface area contributed by atoms with Crippen LogP contribution in [-0.4, -0.2) is 36.1 Å². The van der Waals surface area contributed by atoms with E-state index in [1.807, 2.05) is 18.2 Å². The van der Waals surface area contributed by atoms with Crippen molar-refractivity contribution in [3.05, 3.63) is 59.4 Å². The van der Waals surface area contributed by atoms with E-state index in [4.69, 9.17) is 4.74 Å². The number of benzene rings is 2. The summed E-state index contributed by atoms with van der Waals surface area (Å²) in [5.41, 5.74) is 1.93. The number of rotatable bonds is 4. The number of amides is 2. The Labute approximate surface area is 185 Å². The molecule has 31 heavy (non-hydrogen) atoms. The maximum Gasteiger partial charge on any atom is 0.268 e. The molecule has 2 aromatic carbocycles. The Hall–Kier alpha value is -2.54. The van der Waals surface area contributed by atoms with Gasteiger partial charge in [0.1, 0.15) is 11.6 Å². The summed E-state index contributed by atoms with van der Waals surface area (Å²) in [4.78, 5) is 29.8. The van der Waals surface area contributed by atoms with Crippen LogP contribution in [0.15, 0.2) is 42.5 Å². The minimum Gasteiger partial charge on any atom is -0.497 e. The summed E-state index contributed by atoms with van der Waals surface area (Å²) < 4.78 is 19.9. The lowest BCUT2D eigenvalue weighted by Gasteiger charge is -2.35. The molecule has 0 aromatic heterocycles. The summed E-state index contributed by atoms with van der Waals surface area (Å²) in [7, 11) is 1.59. The molecule has 2 aliphatic heterocycles. The van der Waals surface area contributed by atoms with Crippen LogP contribution >= 0.6 is 11.8 Å². The van der Waals surface area contributed by atoms with E-state index in [2.05, 4.69) is 0 Å². The van der Waals surface area contributed by atoms with Crippen molar-refractivity contribution < 1.29 is 18.7 Å². The Bertz CT molecular complexity index is 1040. The molecule has 1 saturated carbocycles. The molecule has 7 heteroatoms. The molecule has 5 nitrogen and oxygen atoms in total. The van der Waals surface area contributed by atoms with Gasteiger partial charge in [0, 0.05) is 29.3 Å². The van der Waals surface area contributed by atoms with E-state index in [-0.39, 0.29) is 30.1 Å². The van der Waals surface area contributed by atoms with Crippen LogP contribution < -0.4 is 9.64 Å². The van der Waals surface area contributed by atoms with E-state index in [0.29, 0.717) is 29.3 Å². The molecule has 2 amide bonds. The van der Waals surface area contributed by atoms with Gasteiger partial charge in [0.25, 0.3) is 5.91 Å². The van der Waals surface area contributed by atoms with Crippen molar-refractivity contribution in [1.82, 2.24) is 4.90 Å². The second-order valence-electron chi connectivity index (χ2n) is 8.33. The Morgan fingerprint density at radius 1 is 1.23 bits per heavy atom. The standard InChI is InChI=1S/C24H25FN2O3S/c1-30-18-10-11-21-19(14-18)24(23(29)26(21)15-17-8-4-5-9-20(17)25)27(12-13-31-24)22(28)16-6-2-3-7-16/h4-5,8-11,14,16H,2-3,6-7,12-13,15H2,1H3. The van der Waals surface area contributed by atoms with Crippen molar-refractivity contribution in [2.24, 2.45) is 5.92 Å². The lowest BCUT2D eigenvalue weighted by atomic mass is 10.0. The average molecular weight is 441 g/mol. The first kappa shape index (κ1) is 20.4. The van der Waals surface area contributed by atoms with Gasteiger partial charge in [0.05, 0.1) is 19.3 Å². The van der Waals surface area contributed by atoms with Crippen molar-refractivity contribution in [3.8, 4) is 5.75 Å². The first-order valence-corrected chi connectivity index (χ1v) is 11.7. The molecule has 5 rings (SSSR count). The van der Waals surface area contributed by atoms with E-state index < -0.39 is 4.87 Å². The number of hydrogen-bond acceptors (Lipinski definition) is 4. The Balaban J connectivity index is 1.60. The van der Waals surface area contributed by atoms with Crippen LogP contribution in [0.2, 0.25) is 0 Å². The molecular weight excluding hydrogens is 415 g/mol. The third kappa shape index (κ3) is 3.13. The zero-order valence-electron chi connectivity index (χ0n) is 17.5. The van der Waals surface area contributed by atoms with E-state index in [1.165, 1.54) is 17.8 Å². The van der Waals surface area contributed by atoms with Gasteiger partial charge in [-0.25, -0.2) is 4.39 Å². The molecule has 162 valence electrons. The van der Waals surface area contributed by atoms with E-state index >= 15 is 0 Å². The smallest absolute Gasteiger partial charge is 0.268 e. The van der Waals surface area contributed by atoms with E-state index in [0.717, 1.165) is 31.2 Å². The predicted molar refractivity (Wildman–Crippen MR) is 118 cm³/mol. The number of hydrogen-bond donors (Lipinski definition) is 0. The Kier molecular flexibility index (Phi) is 5.16. The zero-order chi connectivity index (χ0) is 21.6. The Morgan fingerprint density at radius 2 is 2.00 bits per heavy atom. The van der Waals surface area contributed by atoms with Crippen LogP contribution in [-0.2, 0) is 21.0 Å². The number of carbonyl (C=O) groups excluding carboxylic acids is 2. The van der Waals surface area contributed by atoms with Crippen LogP contribution in [0, 0.1) is 11.7 Å². The highest BCUT2D eigenvalue weighted by Gasteiger charge is 2.60. The van der Waals surface area contributed by atoms with Crippen molar-refractivity contribution in [1.29, 1.82) is 0 Å². The summed E-state index contributed by atoms with van der Waals surface area (Å²) in [5.74, 6) is 0.862. The number of halogens is 1. The fourth-order valence-corrected chi connectivity index (χ4v) is 6.55. The molecule has 0 bridgehead atoms. The van der Waals surface area contributed by atoms with Crippen molar-refractivity contribution in [2.75, 3.05) is 24.3 Å². The molecule has 2 heterocycles. The molecule has 2 fully saturated rings. The summed E-state index contributed by atoms with van der Waals surface area (Å²) in [6.45, 7) is 0.661. The summed E-state index contributed by atoms with van der Waals surface area (Å²) in [5, 5.41) is 0. The molecule has 1 spiro atoms. The van der Waals surface area contributed by atoms with Crippen LogP contribution in [0.4, 0.5) is 10.1 Å². The number of thioether (sulfide) groups is 1. The number of carbonyl (C=O) groups is 2. The van der Waals surface area contributed by atoms with Gasteiger partial charge >= 0.3 is 0 Å². The molecule has 1 aliphatic carbocycles. The SMILES string of the molecule is COc1ccc2c(c1)C1(SCCN1C(=O)C1CCCC1)C(=O)N2Cc1ccccc1F. The third-order valence-corrected chi connectivity index (χ3v) is 8.08. The number of fused-ring (bicyclic) bond motifs is 2. The van der Waals surface area contributed by atoms with Crippen molar-refractivity contribution in [2.45, 2.75) is 37.1 Å². The van der Waals surface area contributed by atoms with Gasteiger partial charge in [0.15, 0.2) is 4.87 Å². The normalized spacial score (nSPS) is 23.1. The molecule has 1 atom stereocenters. The van der Waals surface area contributed by atoms with Crippen molar-refractivity contribution >= 4 is 29.3 Å². The summed E-state index contributed by atoms with van der Waals surface area (Å²) in [6, 6.07) is 12.0. The van der Waals surface area contributed by atoms with E-state index in [1.54, 1.807) is 35.1 Å². The second-order valence-corrected chi connectivity index (χ2v) is 9.62. The summed E-state index contributed by atoms with van der Waals surface area (Å²) in [6.07, 6.45) is 3.88. The highest BCUT2D eigenvalue weighted by Crippen LogP contribution is 2.56. The molecule has 2 aromatic rings. The van der Waals surface area contributed by atoms with E-state index in [9.17, 15) is 14.0 Å². The fraction of sp³-hybridized carbons (Fsp3) is 0.417. The number of anilines is 1. The largest absolute Gasteiger partial charge is 0.497 e. The molecule has 1 unspecified atom stereocenters. The highest BCUT2D eigenvalue weighted by molar-refractivity contribution is 8.01. The van der Waals surface area contributed by atoms with Crippen LogP contribution in [0.1, 0.15) is 36.8 Å². The number of nitrogens with zero attached hydrogens (tertiary/aromatic N) is 2. The highest BCUT2D eigenvalue weighted by atomic mass is 32.2. The predicted octanol–water partition coefficient (Wildman–Crippen LogP) is 4.30. The van der Waals surface area contributed by atoms with Gasteiger partial charge in [-0.3, -0.25) is 9.59 Å². The molecule has 0 radical (unpaired) electrons. The zero-order valence-corrected chi connectivity index (χ0v) is 18.3. The second kappa shape index (κ2) is 7.86. The van der Waals surface area contributed by atoms with Crippen LogP contribution in [0.5, 0.6) is 5.75 Å². The molecule has 3 aliphatic rings. The van der Waals surface area contributed by atoms with Gasteiger partial charge in [-0.05, 0) is 37.1 Å². The maximum absolute atomic E-state index is 14.4. The minimum atomic E-state index is -1.10. The topological polar surface area (TPSA) is 49.9 Å². The number of methoxy groups -OCH3 is 1. The fourth-order valence-electron chi connectivity index (χ4n) is 5.09. The lowest BCUT2D eigenvalue weighted by molar-refractivity contribution is -0.143.